The van der Waals surface area contributed by atoms with Gasteiger partial charge in [-0.15, -0.1) is 0 Å². The Morgan fingerprint density at radius 1 is 1.56 bits per heavy atom. The Hall–Kier alpha value is -2.05. The Bertz CT molecular complexity index is 441. The minimum absolute atomic E-state index is 0.110. The average molecular weight is 253 g/mol. The molecule has 0 saturated carbocycles. The third-order valence-corrected chi connectivity index (χ3v) is 2.62. The summed E-state index contributed by atoms with van der Waals surface area (Å²) in [7, 11) is 3.18. The minimum Gasteiger partial charge on any atom is -0.396 e. The van der Waals surface area contributed by atoms with Crippen LogP contribution in [0.4, 0.5) is 5.69 Å². The lowest BCUT2D eigenvalue weighted by atomic mass is 10.3. The summed E-state index contributed by atoms with van der Waals surface area (Å²) in [5, 5.41) is 6.60. The lowest BCUT2D eigenvalue weighted by Gasteiger charge is -2.15. The van der Waals surface area contributed by atoms with Gasteiger partial charge in [0.15, 0.2) is 5.69 Å². The first-order valence-electron chi connectivity index (χ1n) is 5.78. The molecule has 1 aromatic heterocycles. The van der Waals surface area contributed by atoms with Gasteiger partial charge in [0.2, 0.25) is 5.91 Å². The number of aryl methyl sites for hydroxylation is 1. The number of nitrogen functional groups attached to an aromatic ring is 1. The van der Waals surface area contributed by atoms with E-state index in [0.717, 1.165) is 0 Å². The molecular formula is C11H19N5O2. The molecule has 2 amide bonds. The van der Waals surface area contributed by atoms with Crippen LogP contribution in [0.25, 0.3) is 0 Å². The number of nitrogens with one attached hydrogen (secondary N) is 1. The van der Waals surface area contributed by atoms with Crippen molar-refractivity contribution >= 4 is 17.5 Å². The van der Waals surface area contributed by atoms with E-state index in [0.29, 0.717) is 18.8 Å². The van der Waals surface area contributed by atoms with E-state index in [1.54, 1.807) is 25.0 Å². The molecular weight excluding hydrogens is 234 g/mol. The van der Waals surface area contributed by atoms with Gasteiger partial charge in [-0.1, -0.05) is 0 Å². The summed E-state index contributed by atoms with van der Waals surface area (Å²) in [5.41, 5.74) is 6.32. The summed E-state index contributed by atoms with van der Waals surface area (Å²) in [6.07, 6.45) is 1.88. The fourth-order valence-corrected chi connectivity index (χ4v) is 1.44. The van der Waals surface area contributed by atoms with Crippen LogP contribution in [0.15, 0.2) is 6.20 Å². The van der Waals surface area contributed by atoms with Crippen molar-refractivity contribution in [2.75, 3.05) is 26.4 Å². The van der Waals surface area contributed by atoms with Gasteiger partial charge in [-0.3, -0.25) is 14.3 Å². The highest BCUT2D eigenvalue weighted by molar-refractivity contribution is 5.97. The van der Waals surface area contributed by atoms with Crippen LogP contribution in [0.3, 0.4) is 0 Å². The average Bonchev–Trinajstić information content (AvgIpc) is 2.75. The molecule has 1 rings (SSSR count). The number of nitrogens with two attached hydrogens (primary N) is 1. The highest BCUT2D eigenvalue weighted by Gasteiger charge is 2.19. The number of hydrogen-bond acceptors (Lipinski definition) is 4. The predicted octanol–water partition coefficient (Wildman–Crippen LogP) is -0.307. The minimum atomic E-state index is -0.274. The molecule has 0 unspecified atom stereocenters. The zero-order chi connectivity index (χ0) is 13.7. The summed E-state index contributed by atoms with van der Waals surface area (Å²) in [4.78, 5) is 24.6. The van der Waals surface area contributed by atoms with Crippen LogP contribution in [0.2, 0.25) is 0 Å². The molecule has 0 aliphatic rings. The van der Waals surface area contributed by atoms with Crippen LogP contribution in [0.5, 0.6) is 0 Å². The summed E-state index contributed by atoms with van der Waals surface area (Å²) in [6.45, 7) is 2.90. The van der Waals surface area contributed by atoms with E-state index >= 15 is 0 Å². The molecule has 0 fully saturated rings. The Morgan fingerprint density at radius 3 is 2.72 bits per heavy atom. The molecule has 1 aromatic rings. The molecule has 0 bridgehead atoms. The standard InChI is InChI=1S/C11H19N5O2/c1-4-16-7-8(12)10(14-16)11(18)15(3)6-5-9(17)13-2/h7H,4-6,12H2,1-3H3,(H,13,17). The fraction of sp³-hybridized carbons (Fsp3) is 0.545. The van der Waals surface area contributed by atoms with Gasteiger partial charge < -0.3 is 16.0 Å². The van der Waals surface area contributed by atoms with Crippen molar-refractivity contribution in [3.63, 3.8) is 0 Å². The number of rotatable bonds is 5. The largest absolute Gasteiger partial charge is 0.396 e. The number of amides is 2. The predicted molar refractivity (Wildman–Crippen MR) is 68.0 cm³/mol. The van der Waals surface area contributed by atoms with Gasteiger partial charge in [-0.25, -0.2) is 0 Å². The molecule has 100 valence electrons. The lowest BCUT2D eigenvalue weighted by molar-refractivity contribution is -0.120. The number of nitrogens with zero attached hydrogens (tertiary/aromatic N) is 3. The monoisotopic (exact) mass is 253 g/mol. The quantitative estimate of drug-likeness (QED) is 0.753. The molecule has 0 aliphatic heterocycles. The van der Waals surface area contributed by atoms with Crippen molar-refractivity contribution < 1.29 is 9.59 Å². The number of aromatic nitrogens is 2. The van der Waals surface area contributed by atoms with Crippen LogP contribution >= 0.6 is 0 Å². The van der Waals surface area contributed by atoms with E-state index in [9.17, 15) is 9.59 Å². The molecule has 0 radical (unpaired) electrons. The highest BCUT2D eigenvalue weighted by atomic mass is 16.2. The SMILES string of the molecule is CCn1cc(N)c(C(=O)N(C)CCC(=O)NC)n1. The first-order valence-corrected chi connectivity index (χ1v) is 5.78. The van der Waals surface area contributed by atoms with Gasteiger partial charge in [0, 0.05) is 39.8 Å². The third kappa shape index (κ3) is 3.22. The highest BCUT2D eigenvalue weighted by Crippen LogP contribution is 2.11. The summed E-state index contributed by atoms with van der Waals surface area (Å²) in [5.74, 6) is -0.384. The van der Waals surface area contributed by atoms with Crippen LogP contribution in [-0.2, 0) is 11.3 Å². The summed E-state index contributed by atoms with van der Waals surface area (Å²) >= 11 is 0. The van der Waals surface area contributed by atoms with Crippen LogP contribution in [0, 0.1) is 0 Å². The van der Waals surface area contributed by atoms with Crippen molar-refractivity contribution in [2.24, 2.45) is 0 Å². The molecule has 0 saturated heterocycles. The van der Waals surface area contributed by atoms with E-state index in [2.05, 4.69) is 10.4 Å². The van der Waals surface area contributed by atoms with Crippen molar-refractivity contribution in [1.29, 1.82) is 0 Å². The van der Waals surface area contributed by atoms with Crippen molar-refractivity contribution in [2.45, 2.75) is 19.9 Å². The van der Waals surface area contributed by atoms with Gasteiger partial charge in [0.1, 0.15) is 0 Å². The molecule has 0 aromatic carbocycles. The van der Waals surface area contributed by atoms with Gasteiger partial charge in [0.05, 0.1) is 5.69 Å². The molecule has 3 N–H and O–H groups in total. The normalized spacial score (nSPS) is 10.2. The maximum absolute atomic E-state index is 12.0. The Kier molecular flexibility index (Phi) is 4.70. The maximum atomic E-state index is 12.0. The number of carbonyl (C=O) groups excluding carboxylic acids is 2. The van der Waals surface area contributed by atoms with E-state index in [-0.39, 0.29) is 23.9 Å². The van der Waals surface area contributed by atoms with Crippen molar-refractivity contribution in [3.05, 3.63) is 11.9 Å². The second kappa shape index (κ2) is 6.04. The third-order valence-electron chi connectivity index (χ3n) is 2.62. The zero-order valence-electron chi connectivity index (χ0n) is 10.9. The van der Waals surface area contributed by atoms with Crippen molar-refractivity contribution in [3.8, 4) is 0 Å². The Morgan fingerprint density at radius 2 is 2.22 bits per heavy atom. The molecule has 0 spiro atoms. The molecule has 7 nitrogen and oxygen atoms in total. The number of carbonyl (C=O) groups is 2. The van der Waals surface area contributed by atoms with Gasteiger partial charge in [-0.2, -0.15) is 5.10 Å². The Balaban J connectivity index is 2.68. The van der Waals surface area contributed by atoms with Gasteiger partial charge >= 0.3 is 0 Å². The first kappa shape index (κ1) is 14.0. The number of anilines is 1. The summed E-state index contributed by atoms with van der Waals surface area (Å²) < 4.78 is 1.61. The molecule has 0 atom stereocenters. The second-order valence-electron chi connectivity index (χ2n) is 3.94. The fourth-order valence-electron chi connectivity index (χ4n) is 1.44. The van der Waals surface area contributed by atoms with E-state index in [1.807, 2.05) is 6.92 Å². The second-order valence-corrected chi connectivity index (χ2v) is 3.94. The molecule has 0 aliphatic carbocycles. The first-order chi connectivity index (χ1) is 8.49. The van der Waals surface area contributed by atoms with E-state index < -0.39 is 0 Å². The van der Waals surface area contributed by atoms with Crippen LogP contribution in [-0.4, -0.2) is 47.1 Å². The summed E-state index contributed by atoms with van der Waals surface area (Å²) in [6, 6.07) is 0. The Labute approximate surface area is 106 Å². The number of hydrogen-bond donors (Lipinski definition) is 2. The molecule has 18 heavy (non-hydrogen) atoms. The van der Waals surface area contributed by atoms with Gasteiger partial charge in [0.25, 0.3) is 5.91 Å². The maximum Gasteiger partial charge on any atom is 0.276 e. The van der Waals surface area contributed by atoms with E-state index in [1.165, 1.54) is 4.90 Å². The molecule has 1 heterocycles. The topological polar surface area (TPSA) is 93.2 Å². The smallest absolute Gasteiger partial charge is 0.276 e. The van der Waals surface area contributed by atoms with Gasteiger partial charge in [-0.05, 0) is 6.92 Å². The van der Waals surface area contributed by atoms with Crippen molar-refractivity contribution in [1.82, 2.24) is 20.0 Å². The van der Waals surface area contributed by atoms with Crippen LogP contribution in [0.1, 0.15) is 23.8 Å². The van der Waals surface area contributed by atoms with Crippen LogP contribution < -0.4 is 11.1 Å². The lowest BCUT2D eigenvalue weighted by Crippen LogP contribution is -2.32. The van der Waals surface area contributed by atoms with E-state index in [4.69, 9.17) is 5.73 Å². The molecule has 7 heteroatoms. The zero-order valence-corrected chi connectivity index (χ0v) is 10.9.